The third-order valence-electron chi connectivity index (χ3n) is 2.29. The Morgan fingerprint density at radius 1 is 1.38 bits per heavy atom. The van der Waals surface area contributed by atoms with E-state index in [0.717, 1.165) is 43.3 Å². The molecule has 0 aromatic carbocycles. The van der Waals surface area contributed by atoms with Crippen LogP contribution in [0.25, 0.3) is 0 Å². The van der Waals surface area contributed by atoms with Crippen molar-refractivity contribution in [1.82, 2.24) is 9.97 Å². The van der Waals surface area contributed by atoms with Gasteiger partial charge in [0.2, 0.25) is 0 Å². The Labute approximate surface area is 102 Å². The lowest BCUT2D eigenvalue weighted by atomic mass is 10.3. The highest BCUT2D eigenvalue weighted by atomic mass is 32.2. The number of anilines is 1. The van der Waals surface area contributed by atoms with Crippen molar-refractivity contribution >= 4 is 17.6 Å². The van der Waals surface area contributed by atoms with Crippen molar-refractivity contribution in [2.24, 2.45) is 5.73 Å². The summed E-state index contributed by atoms with van der Waals surface area (Å²) in [5, 5.41) is 1.01. The van der Waals surface area contributed by atoms with E-state index in [4.69, 9.17) is 5.73 Å². The molecule has 0 radical (unpaired) electrons. The molecule has 0 saturated carbocycles. The second kappa shape index (κ2) is 7.46. The molecule has 0 atom stereocenters. The van der Waals surface area contributed by atoms with E-state index in [-0.39, 0.29) is 0 Å². The van der Waals surface area contributed by atoms with Gasteiger partial charge in [0, 0.05) is 19.2 Å². The maximum absolute atomic E-state index is 5.54. The first kappa shape index (κ1) is 13.3. The Morgan fingerprint density at radius 2 is 2.19 bits per heavy atom. The summed E-state index contributed by atoms with van der Waals surface area (Å²) in [5.74, 6) is 1.01. The maximum Gasteiger partial charge on any atom is 0.133 e. The molecule has 1 rings (SSSR count). The normalized spacial score (nSPS) is 10.4. The van der Waals surface area contributed by atoms with E-state index in [2.05, 4.69) is 21.8 Å². The molecule has 5 heteroatoms. The van der Waals surface area contributed by atoms with Gasteiger partial charge in [0.05, 0.1) is 0 Å². The summed E-state index contributed by atoms with van der Waals surface area (Å²) in [4.78, 5) is 10.8. The molecule has 1 aromatic rings. The summed E-state index contributed by atoms with van der Waals surface area (Å²) in [6.07, 6.45) is 5.77. The van der Waals surface area contributed by atoms with Gasteiger partial charge in [-0.2, -0.15) is 0 Å². The van der Waals surface area contributed by atoms with Gasteiger partial charge in [0.1, 0.15) is 17.2 Å². The second-order valence-electron chi connectivity index (χ2n) is 3.55. The average molecular weight is 240 g/mol. The van der Waals surface area contributed by atoms with Crippen molar-refractivity contribution in [2.75, 3.05) is 30.8 Å². The van der Waals surface area contributed by atoms with Gasteiger partial charge in [-0.15, -0.1) is 11.8 Å². The zero-order chi connectivity index (χ0) is 11.8. The van der Waals surface area contributed by atoms with Gasteiger partial charge in [0.15, 0.2) is 0 Å². The van der Waals surface area contributed by atoms with Crippen LogP contribution in [-0.4, -0.2) is 35.9 Å². The van der Waals surface area contributed by atoms with Crippen molar-refractivity contribution < 1.29 is 0 Å². The molecule has 0 aliphatic heterocycles. The summed E-state index contributed by atoms with van der Waals surface area (Å²) in [7, 11) is 0. The Hall–Kier alpha value is -0.810. The lowest BCUT2D eigenvalue weighted by Gasteiger charge is -2.22. The molecule has 16 heavy (non-hydrogen) atoms. The van der Waals surface area contributed by atoms with Crippen LogP contribution in [0.15, 0.2) is 17.4 Å². The number of nitrogens with two attached hydrogens (primary N) is 1. The SMILES string of the molecule is CCCN(CCCN)c1cc(SC)ncn1. The van der Waals surface area contributed by atoms with Crippen molar-refractivity contribution in [3.63, 3.8) is 0 Å². The van der Waals surface area contributed by atoms with Gasteiger partial charge in [-0.25, -0.2) is 9.97 Å². The molecule has 0 unspecified atom stereocenters. The van der Waals surface area contributed by atoms with Crippen molar-refractivity contribution in [2.45, 2.75) is 24.8 Å². The molecule has 2 N–H and O–H groups in total. The fourth-order valence-electron chi connectivity index (χ4n) is 1.51. The van der Waals surface area contributed by atoms with E-state index < -0.39 is 0 Å². The van der Waals surface area contributed by atoms with Gasteiger partial charge in [-0.3, -0.25) is 0 Å². The fraction of sp³-hybridized carbons (Fsp3) is 0.636. The third-order valence-corrected chi connectivity index (χ3v) is 2.93. The van der Waals surface area contributed by atoms with Crippen LogP contribution in [0.1, 0.15) is 19.8 Å². The first-order chi connectivity index (χ1) is 7.81. The minimum Gasteiger partial charge on any atom is -0.356 e. The number of thioether (sulfide) groups is 1. The Bertz CT molecular complexity index is 306. The molecular formula is C11H20N4S. The first-order valence-electron chi connectivity index (χ1n) is 5.62. The zero-order valence-corrected chi connectivity index (χ0v) is 10.8. The van der Waals surface area contributed by atoms with Crippen LogP contribution < -0.4 is 10.6 Å². The van der Waals surface area contributed by atoms with E-state index in [1.165, 1.54) is 0 Å². The van der Waals surface area contributed by atoms with Gasteiger partial charge in [-0.1, -0.05) is 6.92 Å². The lowest BCUT2D eigenvalue weighted by Crippen LogP contribution is -2.27. The number of rotatable bonds is 7. The van der Waals surface area contributed by atoms with E-state index in [1.807, 2.05) is 12.3 Å². The number of hydrogen-bond acceptors (Lipinski definition) is 5. The maximum atomic E-state index is 5.54. The number of nitrogens with zero attached hydrogens (tertiary/aromatic N) is 3. The van der Waals surface area contributed by atoms with Crippen LogP contribution >= 0.6 is 11.8 Å². The van der Waals surface area contributed by atoms with Gasteiger partial charge >= 0.3 is 0 Å². The highest BCUT2D eigenvalue weighted by Gasteiger charge is 2.07. The minimum absolute atomic E-state index is 0.723. The second-order valence-corrected chi connectivity index (χ2v) is 4.37. The van der Waals surface area contributed by atoms with Crippen molar-refractivity contribution in [3.8, 4) is 0 Å². The molecule has 4 nitrogen and oxygen atoms in total. The van der Waals surface area contributed by atoms with Crippen LogP contribution in [0.5, 0.6) is 0 Å². The predicted octanol–water partition coefficient (Wildman–Crippen LogP) is 1.76. The zero-order valence-electron chi connectivity index (χ0n) is 10.0. The monoisotopic (exact) mass is 240 g/mol. The Morgan fingerprint density at radius 3 is 2.81 bits per heavy atom. The van der Waals surface area contributed by atoms with E-state index in [9.17, 15) is 0 Å². The molecule has 0 fully saturated rings. The summed E-state index contributed by atoms with van der Waals surface area (Å²) in [5.41, 5.74) is 5.54. The summed E-state index contributed by atoms with van der Waals surface area (Å²) >= 11 is 1.64. The van der Waals surface area contributed by atoms with Crippen molar-refractivity contribution in [1.29, 1.82) is 0 Å². The Balaban J connectivity index is 2.73. The molecule has 0 saturated heterocycles. The van der Waals surface area contributed by atoms with Crippen molar-refractivity contribution in [3.05, 3.63) is 12.4 Å². The topological polar surface area (TPSA) is 55.0 Å². The molecule has 0 spiro atoms. The molecule has 0 aliphatic carbocycles. The molecule has 0 amide bonds. The fourth-order valence-corrected chi connectivity index (χ4v) is 1.88. The standard InChI is InChI=1S/C11H20N4S/c1-3-6-15(7-4-5-12)10-8-11(16-2)14-9-13-10/h8-9H,3-7,12H2,1-2H3. The summed E-state index contributed by atoms with van der Waals surface area (Å²) in [6.45, 7) is 4.88. The van der Waals surface area contributed by atoms with Crippen LogP contribution in [0.4, 0.5) is 5.82 Å². The molecule has 90 valence electrons. The minimum atomic E-state index is 0.723. The molecule has 0 bridgehead atoms. The van der Waals surface area contributed by atoms with E-state index >= 15 is 0 Å². The third kappa shape index (κ3) is 3.98. The lowest BCUT2D eigenvalue weighted by molar-refractivity contribution is 0.708. The Kier molecular flexibility index (Phi) is 6.18. The van der Waals surface area contributed by atoms with Gasteiger partial charge in [0.25, 0.3) is 0 Å². The summed E-state index contributed by atoms with van der Waals surface area (Å²) in [6, 6.07) is 2.04. The highest BCUT2D eigenvalue weighted by Crippen LogP contribution is 2.17. The predicted molar refractivity (Wildman–Crippen MR) is 70.0 cm³/mol. The quantitative estimate of drug-likeness (QED) is 0.581. The first-order valence-corrected chi connectivity index (χ1v) is 6.85. The van der Waals surface area contributed by atoms with E-state index in [1.54, 1.807) is 18.1 Å². The van der Waals surface area contributed by atoms with Crippen LogP contribution in [0.2, 0.25) is 0 Å². The van der Waals surface area contributed by atoms with Crippen LogP contribution in [-0.2, 0) is 0 Å². The largest absolute Gasteiger partial charge is 0.356 e. The average Bonchev–Trinajstić information content (AvgIpc) is 2.34. The van der Waals surface area contributed by atoms with Crippen LogP contribution in [0.3, 0.4) is 0 Å². The highest BCUT2D eigenvalue weighted by molar-refractivity contribution is 7.98. The van der Waals surface area contributed by atoms with E-state index in [0.29, 0.717) is 0 Å². The molecule has 1 aromatic heterocycles. The number of aromatic nitrogens is 2. The number of hydrogen-bond donors (Lipinski definition) is 1. The summed E-state index contributed by atoms with van der Waals surface area (Å²) < 4.78 is 0. The van der Waals surface area contributed by atoms with Gasteiger partial charge < -0.3 is 10.6 Å². The molecule has 1 heterocycles. The molecular weight excluding hydrogens is 220 g/mol. The molecule has 0 aliphatic rings. The van der Waals surface area contributed by atoms with Crippen LogP contribution in [0, 0.1) is 0 Å². The smallest absolute Gasteiger partial charge is 0.133 e. The van der Waals surface area contributed by atoms with Gasteiger partial charge in [-0.05, 0) is 25.6 Å².